The van der Waals surface area contributed by atoms with Gasteiger partial charge in [-0.05, 0) is 40.0 Å². The number of carbonyl (C=O) groups is 4. The predicted molar refractivity (Wildman–Crippen MR) is 120 cm³/mol. The van der Waals surface area contributed by atoms with E-state index in [1.807, 2.05) is 27.7 Å². The minimum atomic E-state index is -0.719. The van der Waals surface area contributed by atoms with Gasteiger partial charge in [-0.25, -0.2) is 9.59 Å². The van der Waals surface area contributed by atoms with Crippen LogP contribution in [0.1, 0.15) is 53.4 Å². The molecule has 0 aromatic carbocycles. The highest BCUT2D eigenvalue weighted by Gasteiger charge is 2.47. The fourth-order valence-electron chi connectivity index (χ4n) is 4.40. The minimum Gasteiger partial charge on any atom is -0.444 e. The summed E-state index contributed by atoms with van der Waals surface area (Å²) >= 11 is 0. The Kier molecular flexibility index (Phi) is 7.20. The molecule has 3 aliphatic rings. The first-order chi connectivity index (χ1) is 15.4. The first-order valence-electron chi connectivity index (χ1n) is 11.6. The molecule has 0 aliphatic carbocycles. The SMILES string of the molecule is CCCCN1C(=O)C(=C(N)N)C(=O)N(C2CCN(C3CN(C(=O)OC(C)(C)C)C3)CC2)C1=O. The van der Waals surface area contributed by atoms with Gasteiger partial charge in [-0.2, -0.15) is 0 Å². The Morgan fingerprint density at radius 1 is 1.03 bits per heavy atom. The van der Waals surface area contributed by atoms with E-state index in [1.54, 1.807) is 4.90 Å². The lowest BCUT2D eigenvalue weighted by atomic mass is 9.97. The Labute approximate surface area is 194 Å². The predicted octanol–water partition coefficient (Wildman–Crippen LogP) is 0.790. The summed E-state index contributed by atoms with van der Waals surface area (Å²) in [5, 5.41) is 0. The van der Waals surface area contributed by atoms with Crippen LogP contribution in [0.4, 0.5) is 9.59 Å². The Morgan fingerprint density at radius 2 is 1.64 bits per heavy atom. The Bertz CT molecular complexity index is 833. The highest BCUT2D eigenvalue weighted by Crippen LogP contribution is 2.28. The fourth-order valence-corrected chi connectivity index (χ4v) is 4.40. The molecule has 184 valence electrons. The summed E-state index contributed by atoms with van der Waals surface area (Å²) in [7, 11) is 0. The van der Waals surface area contributed by atoms with E-state index in [0.717, 1.165) is 16.2 Å². The summed E-state index contributed by atoms with van der Waals surface area (Å²) in [5.41, 5.74) is 10.4. The van der Waals surface area contributed by atoms with Gasteiger partial charge in [-0.3, -0.25) is 24.3 Å². The van der Waals surface area contributed by atoms with Crippen LogP contribution in [0, 0.1) is 0 Å². The third-order valence-electron chi connectivity index (χ3n) is 6.25. The summed E-state index contributed by atoms with van der Waals surface area (Å²) in [6.45, 7) is 10.2. The first kappa shape index (κ1) is 24.8. The maximum Gasteiger partial charge on any atom is 0.410 e. The summed E-state index contributed by atoms with van der Waals surface area (Å²) in [5.74, 6) is -1.79. The minimum absolute atomic E-state index is 0.218. The van der Waals surface area contributed by atoms with Crippen LogP contribution in [-0.2, 0) is 14.3 Å². The third-order valence-corrected chi connectivity index (χ3v) is 6.25. The molecule has 0 radical (unpaired) electrons. The zero-order valence-corrected chi connectivity index (χ0v) is 20.0. The highest BCUT2D eigenvalue weighted by atomic mass is 16.6. The van der Waals surface area contributed by atoms with Gasteiger partial charge < -0.3 is 21.1 Å². The summed E-state index contributed by atoms with van der Waals surface area (Å²) in [6.07, 6.45) is 2.27. The number of nitrogens with two attached hydrogens (primary N) is 2. The van der Waals surface area contributed by atoms with E-state index in [-0.39, 0.29) is 36.1 Å². The lowest BCUT2D eigenvalue weighted by Gasteiger charge is -2.48. The van der Waals surface area contributed by atoms with Crippen molar-refractivity contribution in [3.8, 4) is 0 Å². The highest BCUT2D eigenvalue weighted by molar-refractivity contribution is 6.29. The lowest BCUT2D eigenvalue weighted by Crippen LogP contribution is -2.65. The van der Waals surface area contributed by atoms with E-state index in [9.17, 15) is 19.2 Å². The second-order valence-electron chi connectivity index (χ2n) is 9.90. The number of hydrogen-bond acceptors (Lipinski definition) is 8. The molecular weight excluding hydrogens is 428 g/mol. The van der Waals surface area contributed by atoms with E-state index in [2.05, 4.69) is 4.90 Å². The van der Waals surface area contributed by atoms with Gasteiger partial charge in [0, 0.05) is 44.8 Å². The monoisotopic (exact) mass is 464 g/mol. The molecule has 0 spiro atoms. The number of rotatable bonds is 5. The number of amides is 5. The molecule has 3 aliphatic heterocycles. The molecule has 11 nitrogen and oxygen atoms in total. The number of barbiturate groups is 1. The van der Waals surface area contributed by atoms with Crippen LogP contribution < -0.4 is 11.5 Å². The molecule has 0 aromatic heterocycles. The average Bonchev–Trinajstić information content (AvgIpc) is 2.66. The summed E-state index contributed by atoms with van der Waals surface area (Å²) < 4.78 is 5.40. The zero-order valence-electron chi connectivity index (χ0n) is 20.0. The Balaban J connectivity index is 1.61. The molecule has 3 fully saturated rings. The van der Waals surface area contributed by atoms with E-state index in [4.69, 9.17) is 16.2 Å². The lowest BCUT2D eigenvalue weighted by molar-refractivity contribution is -0.138. The molecule has 3 saturated heterocycles. The van der Waals surface area contributed by atoms with Gasteiger partial charge in [0.05, 0.1) is 0 Å². The van der Waals surface area contributed by atoms with Crippen LogP contribution >= 0.6 is 0 Å². The van der Waals surface area contributed by atoms with Crippen LogP contribution in [0.15, 0.2) is 11.4 Å². The van der Waals surface area contributed by atoms with Gasteiger partial charge in [-0.1, -0.05) is 13.3 Å². The van der Waals surface area contributed by atoms with E-state index >= 15 is 0 Å². The molecule has 0 bridgehead atoms. The van der Waals surface area contributed by atoms with Crippen LogP contribution in [0.2, 0.25) is 0 Å². The number of ether oxygens (including phenoxy) is 1. The largest absolute Gasteiger partial charge is 0.444 e. The Hall–Kier alpha value is -2.82. The van der Waals surface area contributed by atoms with Crippen molar-refractivity contribution in [3.63, 3.8) is 0 Å². The van der Waals surface area contributed by atoms with Crippen LogP contribution in [0.25, 0.3) is 0 Å². The average molecular weight is 465 g/mol. The van der Waals surface area contributed by atoms with Crippen molar-refractivity contribution in [1.29, 1.82) is 0 Å². The number of unbranched alkanes of at least 4 members (excludes halogenated alkanes) is 1. The van der Waals surface area contributed by atoms with Crippen molar-refractivity contribution >= 4 is 23.9 Å². The second-order valence-corrected chi connectivity index (χ2v) is 9.90. The van der Waals surface area contributed by atoms with Gasteiger partial charge in [-0.15, -0.1) is 0 Å². The smallest absolute Gasteiger partial charge is 0.410 e. The van der Waals surface area contributed by atoms with Gasteiger partial charge >= 0.3 is 12.1 Å². The zero-order chi connectivity index (χ0) is 24.5. The van der Waals surface area contributed by atoms with Crippen molar-refractivity contribution < 1.29 is 23.9 Å². The summed E-state index contributed by atoms with van der Waals surface area (Å²) in [6, 6.07) is -0.708. The van der Waals surface area contributed by atoms with Crippen molar-refractivity contribution in [2.75, 3.05) is 32.7 Å². The molecule has 0 unspecified atom stereocenters. The molecule has 3 heterocycles. The van der Waals surface area contributed by atoms with Crippen LogP contribution in [0.5, 0.6) is 0 Å². The maximum atomic E-state index is 13.1. The standard InChI is InChI=1S/C22H36N6O5/c1-5-6-9-27-18(29)16(17(23)24)19(30)28(20(27)31)14-7-10-25(11-8-14)15-12-26(13-15)21(32)33-22(2,3)4/h14-15H,5-13,23-24H2,1-4H3. The number of hydrogen-bond donors (Lipinski definition) is 2. The number of carbonyl (C=O) groups excluding carboxylic acids is 4. The number of likely N-dealkylation sites (tertiary alicyclic amines) is 2. The van der Waals surface area contributed by atoms with E-state index in [0.29, 0.717) is 45.4 Å². The first-order valence-corrected chi connectivity index (χ1v) is 11.6. The second kappa shape index (κ2) is 9.58. The number of imide groups is 2. The van der Waals surface area contributed by atoms with E-state index in [1.165, 1.54) is 0 Å². The fraction of sp³-hybridized carbons (Fsp3) is 0.727. The normalized spacial score (nSPS) is 21.5. The third kappa shape index (κ3) is 5.23. The molecule has 4 N–H and O–H groups in total. The molecule has 11 heteroatoms. The number of piperidine rings is 1. The molecule has 3 rings (SSSR count). The van der Waals surface area contributed by atoms with Crippen molar-refractivity contribution in [1.82, 2.24) is 19.6 Å². The van der Waals surface area contributed by atoms with E-state index < -0.39 is 23.4 Å². The quantitative estimate of drug-likeness (QED) is 0.449. The maximum absolute atomic E-state index is 13.1. The number of urea groups is 1. The molecular formula is C22H36N6O5. The number of nitrogens with zero attached hydrogens (tertiary/aromatic N) is 4. The van der Waals surface area contributed by atoms with Gasteiger partial charge in [0.1, 0.15) is 17.0 Å². The van der Waals surface area contributed by atoms with Crippen LogP contribution in [0.3, 0.4) is 0 Å². The molecule has 0 saturated carbocycles. The molecule has 33 heavy (non-hydrogen) atoms. The van der Waals surface area contributed by atoms with Gasteiger partial charge in [0.15, 0.2) is 0 Å². The van der Waals surface area contributed by atoms with Gasteiger partial charge in [0.2, 0.25) is 0 Å². The molecule has 0 aromatic rings. The van der Waals surface area contributed by atoms with Crippen molar-refractivity contribution in [2.24, 2.45) is 11.5 Å². The van der Waals surface area contributed by atoms with Crippen molar-refractivity contribution in [3.05, 3.63) is 11.4 Å². The van der Waals surface area contributed by atoms with Gasteiger partial charge in [0.25, 0.3) is 11.8 Å². The molecule has 0 atom stereocenters. The molecule has 5 amide bonds. The van der Waals surface area contributed by atoms with Crippen molar-refractivity contribution in [2.45, 2.75) is 71.1 Å². The van der Waals surface area contributed by atoms with Crippen LogP contribution in [-0.4, -0.2) is 93.9 Å². The summed E-state index contributed by atoms with van der Waals surface area (Å²) in [4.78, 5) is 57.1. The topological polar surface area (TPSA) is 143 Å². The Morgan fingerprint density at radius 3 is 2.15 bits per heavy atom.